The molecule has 2 unspecified atom stereocenters. The van der Waals surface area contributed by atoms with Crippen LogP contribution in [-0.2, 0) is 0 Å². The molecule has 2 atom stereocenters. The summed E-state index contributed by atoms with van der Waals surface area (Å²) in [6.07, 6.45) is 3.82. The van der Waals surface area contributed by atoms with Crippen molar-refractivity contribution >= 4 is 17.2 Å². The van der Waals surface area contributed by atoms with E-state index in [0.29, 0.717) is 18.5 Å². The largest absolute Gasteiger partial charge is 0.335 e. The van der Waals surface area contributed by atoms with Gasteiger partial charge in [-0.2, -0.15) is 0 Å². The lowest BCUT2D eigenvalue weighted by atomic mass is 9.93. The minimum absolute atomic E-state index is 0.105. The molecule has 88 valence electrons. The predicted molar refractivity (Wildman–Crippen MR) is 64.4 cm³/mol. The number of hydrogen-bond donors (Lipinski definition) is 1. The molecule has 1 aliphatic heterocycles. The van der Waals surface area contributed by atoms with Gasteiger partial charge in [0.2, 0.25) is 0 Å². The summed E-state index contributed by atoms with van der Waals surface area (Å²) in [6.45, 7) is 3.55. The summed E-state index contributed by atoms with van der Waals surface area (Å²) in [7, 11) is 0. The Morgan fingerprint density at radius 3 is 3.12 bits per heavy atom. The summed E-state index contributed by atoms with van der Waals surface area (Å²) in [5, 5.41) is 0. The minimum Gasteiger partial charge on any atom is -0.335 e. The monoisotopic (exact) mass is 239 g/mol. The van der Waals surface area contributed by atoms with Crippen LogP contribution in [-0.4, -0.2) is 34.9 Å². The number of carbonyl (C=O) groups excluding carboxylic acids is 1. The molecule has 5 heteroatoms. The number of hydrogen-bond acceptors (Lipinski definition) is 4. The first-order valence-corrected chi connectivity index (χ1v) is 6.50. The Balaban J connectivity index is 2.09. The highest BCUT2D eigenvalue weighted by atomic mass is 32.1. The van der Waals surface area contributed by atoms with Crippen LogP contribution in [0.1, 0.15) is 29.4 Å². The topological polar surface area (TPSA) is 59.2 Å². The Kier molecular flexibility index (Phi) is 3.56. The summed E-state index contributed by atoms with van der Waals surface area (Å²) in [5.41, 5.74) is 7.38. The van der Waals surface area contributed by atoms with Gasteiger partial charge in [0.05, 0.1) is 11.7 Å². The lowest BCUT2D eigenvalue weighted by Crippen LogP contribution is -2.46. The first-order valence-electron chi connectivity index (χ1n) is 5.62. The van der Waals surface area contributed by atoms with Gasteiger partial charge >= 0.3 is 0 Å². The van der Waals surface area contributed by atoms with Crippen molar-refractivity contribution in [3.63, 3.8) is 0 Å². The first kappa shape index (κ1) is 11.5. The average molecular weight is 239 g/mol. The highest BCUT2D eigenvalue weighted by Crippen LogP contribution is 2.23. The molecule has 4 nitrogen and oxygen atoms in total. The van der Waals surface area contributed by atoms with Crippen LogP contribution in [0.4, 0.5) is 0 Å². The van der Waals surface area contributed by atoms with Crippen LogP contribution in [0.2, 0.25) is 0 Å². The van der Waals surface area contributed by atoms with E-state index in [1.54, 1.807) is 11.7 Å². The molecule has 1 aromatic rings. The Labute approximate surface area is 99.5 Å². The van der Waals surface area contributed by atoms with Crippen LogP contribution < -0.4 is 5.73 Å². The van der Waals surface area contributed by atoms with Crippen molar-refractivity contribution < 1.29 is 4.79 Å². The molecule has 2 N–H and O–H groups in total. The smallest absolute Gasteiger partial charge is 0.265 e. The van der Waals surface area contributed by atoms with Gasteiger partial charge in [-0.1, -0.05) is 0 Å². The van der Waals surface area contributed by atoms with Crippen LogP contribution in [0.5, 0.6) is 0 Å². The number of amides is 1. The fourth-order valence-corrected chi connectivity index (χ4v) is 2.70. The summed E-state index contributed by atoms with van der Waals surface area (Å²) in [4.78, 5) is 18.8. The molecule has 2 rings (SSSR count). The van der Waals surface area contributed by atoms with Gasteiger partial charge in [0.25, 0.3) is 5.91 Å². The second kappa shape index (κ2) is 4.93. The van der Waals surface area contributed by atoms with E-state index in [4.69, 9.17) is 5.73 Å². The quantitative estimate of drug-likeness (QED) is 0.847. The lowest BCUT2D eigenvalue weighted by Gasteiger charge is -2.37. The van der Waals surface area contributed by atoms with Gasteiger partial charge in [0, 0.05) is 12.6 Å². The molecule has 2 heterocycles. The zero-order chi connectivity index (χ0) is 11.5. The highest BCUT2D eigenvalue weighted by Gasteiger charge is 2.29. The third-order valence-electron chi connectivity index (χ3n) is 3.22. The fourth-order valence-electron chi connectivity index (χ4n) is 2.12. The number of carbonyl (C=O) groups is 1. The molecule has 0 spiro atoms. The average Bonchev–Trinajstić information content (AvgIpc) is 2.82. The molecule has 0 aromatic carbocycles. The first-order chi connectivity index (χ1) is 7.72. The van der Waals surface area contributed by atoms with E-state index in [2.05, 4.69) is 11.9 Å². The molecule has 1 aromatic heterocycles. The Morgan fingerprint density at radius 1 is 1.69 bits per heavy atom. The molecule has 0 aliphatic carbocycles. The van der Waals surface area contributed by atoms with Crippen molar-refractivity contribution in [2.75, 3.05) is 13.1 Å². The van der Waals surface area contributed by atoms with Crippen molar-refractivity contribution in [2.24, 2.45) is 11.7 Å². The van der Waals surface area contributed by atoms with Crippen LogP contribution in [0.25, 0.3) is 0 Å². The molecular weight excluding hydrogens is 222 g/mol. The van der Waals surface area contributed by atoms with Gasteiger partial charge in [0.1, 0.15) is 4.88 Å². The standard InChI is InChI=1S/C11H17N3OS/c1-8-2-3-9(4-12)6-14(8)11(15)10-5-13-7-16-10/h5,7-9H,2-4,6,12H2,1H3. The Bertz CT molecular complexity index is 352. The molecule has 0 bridgehead atoms. The zero-order valence-corrected chi connectivity index (χ0v) is 10.2. The van der Waals surface area contributed by atoms with Gasteiger partial charge in [-0.05, 0) is 32.2 Å². The molecule has 0 saturated carbocycles. The van der Waals surface area contributed by atoms with Crippen molar-refractivity contribution in [3.8, 4) is 0 Å². The highest BCUT2D eigenvalue weighted by molar-refractivity contribution is 7.11. The molecule has 1 fully saturated rings. The maximum atomic E-state index is 12.2. The lowest BCUT2D eigenvalue weighted by molar-refractivity contribution is 0.0571. The summed E-state index contributed by atoms with van der Waals surface area (Å²) < 4.78 is 0. The maximum absolute atomic E-state index is 12.2. The molecule has 16 heavy (non-hydrogen) atoms. The number of rotatable bonds is 2. The van der Waals surface area contributed by atoms with Crippen LogP contribution in [0.3, 0.4) is 0 Å². The van der Waals surface area contributed by atoms with Gasteiger partial charge < -0.3 is 10.6 Å². The second-order valence-corrected chi connectivity index (χ2v) is 5.24. The van der Waals surface area contributed by atoms with Gasteiger partial charge in [-0.25, -0.2) is 0 Å². The fraction of sp³-hybridized carbons (Fsp3) is 0.636. The summed E-state index contributed by atoms with van der Waals surface area (Å²) >= 11 is 1.40. The molecule has 1 saturated heterocycles. The van der Waals surface area contributed by atoms with E-state index < -0.39 is 0 Å². The Morgan fingerprint density at radius 2 is 2.50 bits per heavy atom. The molecular formula is C11H17N3OS. The van der Waals surface area contributed by atoms with Crippen molar-refractivity contribution in [1.82, 2.24) is 9.88 Å². The van der Waals surface area contributed by atoms with Gasteiger partial charge in [-0.3, -0.25) is 9.78 Å². The zero-order valence-electron chi connectivity index (χ0n) is 9.43. The number of likely N-dealkylation sites (tertiary alicyclic amines) is 1. The third kappa shape index (κ3) is 2.25. The van der Waals surface area contributed by atoms with Gasteiger partial charge in [-0.15, -0.1) is 11.3 Å². The van der Waals surface area contributed by atoms with Crippen molar-refractivity contribution in [1.29, 1.82) is 0 Å². The van der Waals surface area contributed by atoms with E-state index >= 15 is 0 Å². The van der Waals surface area contributed by atoms with Gasteiger partial charge in [0.15, 0.2) is 0 Å². The van der Waals surface area contributed by atoms with E-state index in [-0.39, 0.29) is 5.91 Å². The number of nitrogens with two attached hydrogens (primary N) is 1. The van der Waals surface area contributed by atoms with Crippen LogP contribution >= 0.6 is 11.3 Å². The van der Waals surface area contributed by atoms with Crippen LogP contribution in [0.15, 0.2) is 11.7 Å². The molecule has 1 amide bonds. The third-order valence-corrected chi connectivity index (χ3v) is 3.98. The van der Waals surface area contributed by atoms with E-state index in [0.717, 1.165) is 24.3 Å². The van der Waals surface area contributed by atoms with E-state index in [1.807, 2.05) is 4.90 Å². The van der Waals surface area contributed by atoms with Crippen LogP contribution in [0, 0.1) is 5.92 Å². The minimum atomic E-state index is 0.105. The number of piperidine rings is 1. The number of thiazole rings is 1. The maximum Gasteiger partial charge on any atom is 0.265 e. The van der Waals surface area contributed by atoms with Crippen molar-refractivity contribution in [3.05, 3.63) is 16.6 Å². The summed E-state index contributed by atoms with van der Waals surface area (Å²) in [6, 6.07) is 0.317. The van der Waals surface area contributed by atoms with E-state index in [1.165, 1.54) is 11.3 Å². The SMILES string of the molecule is CC1CCC(CN)CN1C(=O)c1cncs1. The molecule has 0 radical (unpaired) electrons. The summed E-state index contributed by atoms with van der Waals surface area (Å²) in [5.74, 6) is 0.557. The predicted octanol–water partition coefficient (Wildman–Crippen LogP) is 1.34. The molecule has 1 aliphatic rings. The van der Waals surface area contributed by atoms with E-state index in [9.17, 15) is 4.79 Å². The second-order valence-electron chi connectivity index (χ2n) is 4.35. The Hall–Kier alpha value is -0.940. The number of nitrogens with zero attached hydrogens (tertiary/aromatic N) is 2. The normalized spacial score (nSPS) is 25.8. The number of aromatic nitrogens is 1. The van der Waals surface area contributed by atoms with Crippen molar-refractivity contribution in [2.45, 2.75) is 25.8 Å².